The predicted octanol–water partition coefficient (Wildman–Crippen LogP) is 4.08. The van der Waals surface area contributed by atoms with Crippen LogP contribution < -0.4 is 10.1 Å². The third-order valence-corrected chi connectivity index (χ3v) is 9.14. The first-order valence-electron chi connectivity index (χ1n) is 15.7. The van der Waals surface area contributed by atoms with E-state index in [1.165, 1.54) is 35.2 Å². The van der Waals surface area contributed by atoms with Crippen LogP contribution in [0.3, 0.4) is 0 Å². The molecule has 0 aliphatic carbocycles. The first-order valence-corrected chi connectivity index (χ1v) is 17.0. The smallest absolute Gasteiger partial charge is 0.338 e. The molecule has 264 valence electrons. The number of amides is 2. The van der Waals surface area contributed by atoms with Crippen LogP contribution in [0.25, 0.3) is 17.2 Å². The van der Waals surface area contributed by atoms with Crippen molar-refractivity contribution < 1.29 is 47.6 Å². The fourth-order valence-electron chi connectivity index (χ4n) is 5.04. The second-order valence-corrected chi connectivity index (χ2v) is 13.0. The minimum atomic E-state index is -1.17. The molecule has 1 atom stereocenters. The molecular weight excluding hydrogens is 693 g/mol. The number of nitrogens with one attached hydrogen (secondary N) is 1. The zero-order valence-corrected chi connectivity index (χ0v) is 28.4. The van der Waals surface area contributed by atoms with Gasteiger partial charge in [-0.2, -0.15) is 0 Å². The molecule has 0 bridgehead atoms. The monoisotopic (exact) mass is 727 g/mol. The van der Waals surface area contributed by atoms with Crippen LogP contribution in [0.5, 0.6) is 5.75 Å². The average molecular weight is 728 g/mol. The van der Waals surface area contributed by atoms with Gasteiger partial charge in [0.05, 0.1) is 30.3 Å². The van der Waals surface area contributed by atoms with Crippen LogP contribution in [0.2, 0.25) is 0 Å². The molecule has 0 aromatic heterocycles. The quantitative estimate of drug-likeness (QED) is 0.126. The van der Waals surface area contributed by atoms with Crippen LogP contribution in [-0.2, 0) is 19.1 Å². The minimum Gasteiger partial charge on any atom is -0.492 e. The van der Waals surface area contributed by atoms with Gasteiger partial charge in [0.2, 0.25) is 5.91 Å². The lowest BCUT2D eigenvalue weighted by atomic mass is 10.0. The third-order valence-electron chi connectivity index (χ3n) is 7.76. The summed E-state index contributed by atoms with van der Waals surface area (Å²) in [6.45, 7) is 3.11. The van der Waals surface area contributed by atoms with Gasteiger partial charge >= 0.3 is 5.97 Å². The zero-order chi connectivity index (χ0) is 35.6. The Hall–Kier alpha value is -4.25. The Morgan fingerprint density at radius 1 is 1.04 bits per heavy atom. The van der Waals surface area contributed by atoms with Gasteiger partial charge in [0.25, 0.3) is 5.91 Å². The molecule has 15 heteroatoms. The van der Waals surface area contributed by atoms with Crippen LogP contribution in [0, 0.1) is 11.6 Å². The van der Waals surface area contributed by atoms with Crippen LogP contribution >= 0.6 is 24.0 Å². The van der Waals surface area contributed by atoms with Crippen molar-refractivity contribution in [3.8, 4) is 16.9 Å². The van der Waals surface area contributed by atoms with E-state index >= 15 is 0 Å². The summed E-state index contributed by atoms with van der Waals surface area (Å²) in [4.78, 5) is 41.9. The number of aliphatic hydroxyl groups is 2. The average Bonchev–Trinajstić information content (AvgIpc) is 3.39. The number of hydrogen-bond donors (Lipinski definition) is 3. The van der Waals surface area contributed by atoms with E-state index in [1.54, 1.807) is 24.3 Å². The number of anilines is 1. The fraction of sp³-hybridized carbons (Fsp3) is 0.314. The van der Waals surface area contributed by atoms with Crippen molar-refractivity contribution in [1.82, 2.24) is 9.80 Å². The number of thioether (sulfide) groups is 1. The number of thiocarbonyl (C=S) groups is 1. The molecule has 2 saturated heterocycles. The maximum atomic E-state index is 14.2. The zero-order valence-electron chi connectivity index (χ0n) is 26.8. The second kappa shape index (κ2) is 17.6. The molecule has 0 saturated carbocycles. The molecule has 2 aliphatic rings. The van der Waals surface area contributed by atoms with E-state index in [4.69, 9.17) is 31.5 Å². The summed E-state index contributed by atoms with van der Waals surface area (Å²) in [5, 5.41) is 20.9. The molecule has 11 nitrogen and oxygen atoms in total. The van der Waals surface area contributed by atoms with E-state index in [0.717, 1.165) is 37.0 Å². The summed E-state index contributed by atoms with van der Waals surface area (Å²) < 4.78 is 44.7. The summed E-state index contributed by atoms with van der Waals surface area (Å²) >= 11 is 6.53. The van der Waals surface area contributed by atoms with Gasteiger partial charge in [0.1, 0.15) is 29.4 Å². The van der Waals surface area contributed by atoms with Gasteiger partial charge in [0, 0.05) is 43.9 Å². The number of benzene rings is 3. The highest BCUT2D eigenvalue weighted by molar-refractivity contribution is 8.26. The molecule has 5 rings (SSSR count). The third kappa shape index (κ3) is 9.93. The Bertz CT molecular complexity index is 1750. The Labute approximate surface area is 296 Å². The molecule has 2 amide bonds. The molecule has 3 N–H and O–H groups in total. The number of carbonyl (C=O) groups is 3. The maximum Gasteiger partial charge on any atom is 0.338 e. The number of morpholine rings is 1. The Balaban J connectivity index is 1.21. The summed E-state index contributed by atoms with van der Waals surface area (Å²) in [5.74, 6) is -2.93. The van der Waals surface area contributed by atoms with Crippen LogP contribution in [0.15, 0.2) is 65.6 Å². The van der Waals surface area contributed by atoms with E-state index in [1.807, 2.05) is 0 Å². The number of halogens is 2. The molecule has 1 unspecified atom stereocenters. The highest BCUT2D eigenvalue weighted by atomic mass is 32.2. The summed E-state index contributed by atoms with van der Waals surface area (Å²) in [7, 11) is 0. The molecule has 3 aromatic rings. The van der Waals surface area contributed by atoms with Crippen molar-refractivity contribution in [3.63, 3.8) is 0 Å². The fourth-order valence-corrected chi connectivity index (χ4v) is 6.35. The SMILES string of the molecule is O=C(CCN1C(=O)/C(=C/c2ccc(OCCN3CCOCC3)c(-c3ccc(F)c(F)c3)c2)SC1=S)Nc1ccc(C(=O)OCC(O)CO)cc1. The van der Waals surface area contributed by atoms with E-state index in [2.05, 4.69) is 10.2 Å². The molecule has 50 heavy (non-hydrogen) atoms. The van der Waals surface area contributed by atoms with Crippen molar-refractivity contribution in [2.75, 3.05) is 64.5 Å². The van der Waals surface area contributed by atoms with Crippen molar-refractivity contribution in [2.45, 2.75) is 12.5 Å². The Morgan fingerprint density at radius 2 is 1.80 bits per heavy atom. The number of esters is 1. The lowest BCUT2D eigenvalue weighted by molar-refractivity contribution is -0.122. The van der Waals surface area contributed by atoms with Crippen molar-refractivity contribution in [1.29, 1.82) is 0 Å². The number of nitrogens with zero attached hydrogens (tertiary/aromatic N) is 2. The van der Waals surface area contributed by atoms with Gasteiger partial charge in [-0.15, -0.1) is 0 Å². The number of hydrogen-bond acceptors (Lipinski definition) is 11. The van der Waals surface area contributed by atoms with Crippen LogP contribution in [0.1, 0.15) is 22.3 Å². The number of rotatable bonds is 14. The standard InChI is InChI=1S/C35H35F2N3O8S2/c36-28-7-4-24(19-29(28)37)27-17-22(1-8-30(27)47-16-13-39-11-14-46-15-12-39)18-31-33(44)40(35(49)50-31)10-9-32(43)38-25-5-2-23(3-6-25)34(45)48-21-26(42)20-41/h1-8,17-19,26,41-42H,9-16,20-21H2,(H,38,43)/b31-18-. The lowest BCUT2D eigenvalue weighted by Gasteiger charge is -2.26. The number of ether oxygens (including phenoxy) is 3. The largest absolute Gasteiger partial charge is 0.492 e. The lowest BCUT2D eigenvalue weighted by Crippen LogP contribution is -2.38. The number of aliphatic hydroxyl groups excluding tert-OH is 2. The summed E-state index contributed by atoms with van der Waals surface area (Å²) in [5.41, 5.74) is 2.15. The van der Waals surface area contributed by atoms with Crippen molar-refractivity contribution in [2.24, 2.45) is 0 Å². The molecule has 2 fully saturated rings. The summed E-state index contributed by atoms with van der Waals surface area (Å²) in [6.07, 6.45) is 0.421. The van der Waals surface area contributed by atoms with Gasteiger partial charge in [0.15, 0.2) is 11.6 Å². The van der Waals surface area contributed by atoms with Gasteiger partial charge in [-0.3, -0.25) is 19.4 Å². The van der Waals surface area contributed by atoms with Crippen LogP contribution in [0.4, 0.5) is 14.5 Å². The predicted molar refractivity (Wildman–Crippen MR) is 187 cm³/mol. The first kappa shape index (κ1) is 37.0. The highest BCUT2D eigenvalue weighted by Gasteiger charge is 2.32. The van der Waals surface area contributed by atoms with Gasteiger partial charge in [-0.05, 0) is 65.7 Å². The molecular formula is C35H35F2N3O8S2. The molecule has 2 aliphatic heterocycles. The van der Waals surface area contributed by atoms with Crippen molar-refractivity contribution in [3.05, 3.63) is 88.3 Å². The van der Waals surface area contributed by atoms with E-state index in [-0.39, 0.29) is 41.3 Å². The van der Waals surface area contributed by atoms with Gasteiger partial charge < -0.3 is 29.7 Å². The molecule has 3 aromatic carbocycles. The first-order chi connectivity index (χ1) is 24.1. The summed E-state index contributed by atoms with van der Waals surface area (Å²) in [6, 6.07) is 14.7. The Kier molecular flexibility index (Phi) is 13.0. The van der Waals surface area contributed by atoms with E-state index < -0.39 is 30.3 Å². The van der Waals surface area contributed by atoms with E-state index in [0.29, 0.717) is 59.4 Å². The maximum absolute atomic E-state index is 14.2. The molecule has 0 spiro atoms. The van der Waals surface area contributed by atoms with Crippen molar-refractivity contribution >= 4 is 57.8 Å². The Morgan fingerprint density at radius 3 is 2.52 bits per heavy atom. The number of carbonyl (C=O) groups excluding carboxylic acids is 3. The van der Waals surface area contributed by atoms with Gasteiger partial charge in [-0.25, -0.2) is 13.6 Å². The van der Waals surface area contributed by atoms with Crippen LogP contribution in [-0.4, -0.2) is 107 Å². The van der Waals surface area contributed by atoms with E-state index in [9.17, 15) is 28.3 Å². The molecule has 2 heterocycles. The minimum absolute atomic E-state index is 0.0292. The normalized spacial score (nSPS) is 16.5. The highest BCUT2D eigenvalue weighted by Crippen LogP contribution is 2.36. The molecule has 0 radical (unpaired) electrons. The topological polar surface area (TPSA) is 138 Å². The second-order valence-electron chi connectivity index (χ2n) is 11.3. The van der Waals surface area contributed by atoms with Gasteiger partial charge in [-0.1, -0.05) is 36.1 Å².